The molecule has 0 spiro atoms. The van der Waals surface area contributed by atoms with E-state index in [2.05, 4.69) is 11.8 Å². The van der Waals surface area contributed by atoms with Crippen molar-refractivity contribution in [1.82, 2.24) is 4.90 Å². The minimum atomic E-state index is -0.298. The van der Waals surface area contributed by atoms with Crippen LogP contribution in [0.3, 0.4) is 0 Å². The second-order valence-corrected chi connectivity index (χ2v) is 5.36. The van der Waals surface area contributed by atoms with Gasteiger partial charge in [0, 0.05) is 6.54 Å². The normalized spacial score (nSPS) is 18.1. The van der Waals surface area contributed by atoms with Crippen LogP contribution in [0.1, 0.15) is 38.2 Å². The van der Waals surface area contributed by atoms with E-state index in [0.29, 0.717) is 0 Å². The first-order valence-electron chi connectivity index (χ1n) is 6.95. The molecule has 18 heavy (non-hydrogen) atoms. The second kappa shape index (κ2) is 6.19. The van der Waals surface area contributed by atoms with E-state index in [4.69, 9.17) is 5.73 Å². The molecule has 0 bridgehead atoms. The Kier molecular flexibility index (Phi) is 4.59. The highest BCUT2D eigenvalue weighted by molar-refractivity contribution is 5.41. The molecule has 1 aliphatic heterocycles. The molecule has 2 nitrogen and oxygen atoms in total. The highest BCUT2D eigenvalue weighted by Crippen LogP contribution is 2.23. The number of hydrogen-bond acceptors (Lipinski definition) is 2. The lowest BCUT2D eigenvalue weighted by molar-refractivity contribution is 0.171. The third-order valence-electron chi connectivity index (χ3n) is 3.88. The molecular weight excluding hydrogens is 227 g/mol. The standard InChI is InChI=1S/C15H23FN2/c1-2-3-12-6-8-18(9-7-12)11-13-4-5-15(17)14(16)10-13/h4-5,10,12H,2-3,6-9,11,17H2,1H3. The molecule has 1 aromatic carbocycles. The molecule has 100 valence electrons. The van der Waals surface area contributed by atoms with Crippen molar-refractivity contribution in [2.45, 2.75) is 39.2 Å². The molecule has 1 saturated heterocycles. The van der Waals surface area contributed by atoms with E-state index in [1.54, 1.807) is 12.1 Å². The zero-order valence-electron chi connectivity index (χ0n) is 11.2. The minimum absolute atomic E-state index is 0.236. The van der Waals surface area contributed by atoms with Crippen LogP contribution in [0.2, 0.25) is 0 Å². The van der Waals surface area contributed by atoms with Gasteiger partial charge in [-0.15, -0.1) is 0 Å². The zero-order valence-corrected chi connectivity index (χ0v) is 11.2. The topological polar surface area (TPSA) is 29.3 Å². The Labute approximate surface area is 109 Å². The van der Waals surface area contributed by atoms with Crippen LogP contribution in [-0.2, 0) is 6.54 Å². The van der Waals surface area contributed by atoms with Crippen molar-refractivity contribution < 1.29 is 4.39 Å². The Bertz CT molecular complexity index is 384. The van der Waals surface area contributed by atoms with Crippen molar-refractivity contribution in [3.05, 3.63) is 29.6 Å². The third kappa shape index (κ3) is 3.45. The summed E-state index contributed by atoms with van der Waals surface area (Å²) in [5.41, 5.74) is 6.75. The second-order valence-electron chi connectivity index (χ2n) is 5.36. The van der Waals surface area contributed by atoms with E-state index >= 15 is 0 Å². The molecule has 1 aromatic rings. The molecule has 0 atom stereocenters. The Morgan fingerprint density at radius 3 is 2.67 bits per heavy atom. The fourth-order valence-corrected chi connectivity index (χ4v) is 2.77. The summed E-state index contributed by atoms with van der Waals surface area (Å²) in [7, 11) is 0. The van der Waals surface area contributed by atoms with E-state index in [1.807, 2.05) is 6.07 Å². The average Bonchev–Trinajstić information content (AvgIpc) is 2.37. The van der Waals surface area contributed by atoms with E-state index in [1.165, 1.54) is 25.7 Å². The Hall–Kier alpha value is -1.09. The van der Waals surface area contributed by atoms with Crippen LogP contribution in [0.25, 0.3) is 0 Å². The fourth-order valence-electron chi connectivity index (χ4n) is 2.77. The molecule has 0 aliphatic carbocycles. The van der Waals surface area contributed by atoms with Gasteiger partial charge < -0.3 is 5.73 Å². The summed E-state index contributed by atoms with van der Waals surface area (Å²) in [6, 6.07) is 5.15. The molecule has 1 heterocycles. The summed E-state index contributed by atoms with van der Waals surface area (Å²) in [5.74, 6) is 0.600. The molecule has 0 radical (unpaired) electrons. The number of benzene rings is 1. The summed E-state index contributed by atoms with van der Waals surface area (Å²) in [5, 5.41) is 0. The quantitative estimate of drug-likeness (QED) is 0.830. The molecule has 3 heteroatoms. The summed E-state index contributed by atoms with van der Waals surface area (Å²) in [6.07, 6.45) is 5.20. The smallest absolute Gasteiger partial charge is 0.146 e. The van der Waals surface area contributed by atoms with Crippen LogP contribution in [0.15, 0.2) is 18.2 Å². The highest BCUT2D eigenvalue weighted by atomic mass is 19.1. The maximum Gasteiger partial charge on any atom is 0.146 e. The van der Waals surface area contributed by atoms with Gasteiger partial charge in [-0.25, -0.2) is 4.39 Å². The van der Waals surface area contributed by atoms with E-state index < -0.39 is 0 Å². The summed E-state index contributed by atoms with van der Waals surface area (Å²) in [6.45, 7) is 5.37. The summed E-state index contributed by atoms with van der Waals surface area (Å²) >= 11 is 0. The van der Waals surface area contributed by atoms with Gasteiger partial charge in [-0.05, 0) is 49.5 Å². The van der Waals surface area contributed by atoms with Crippen LogP contribution in [-0.4, -0.2) is 18.0 Å². The number of nitrogen functional groups attached to an aromatic ring is 1. The highest BCUT2D eigenvalue weighted by Gasteiger charge is 2.18. The number of hydrogen-bond donors (Lipinski definition) is 1. The van der Waals surface area contributed by atoms with Crippen LogP contribution in [0, 0.1) is 11.7 Å². The average molecular weight is 250 g/mol. The van der Waals surface area contributed by atoms with Crippen molar-refractivity contribution in [1.29, 1.82) is 0 Å². The monoisotopic (exact) mass is 250 g/mol. The van der Waals surface area contributed by atoms with Crippen molar-refractivity contribution in [3.8, 4) is 0 Å². The summed E-state index contributed by atoms with van der Waals surface area (Å²) in [4.78, 5) is 2.41. The number of piperidine rings is 1. The number of anilines is 1. The van der Waals surface area contributed by atoms with E-state index in [9.17, 15) is 4.39 Å². The Balaban J connectivity index is 1.85. The first-order chi connectivity index (χ1) is 8.69. The lowest BCUT2D eigenvalue weighted by Gasteiger charge is -2.31. The van der Waals surface area contributed by atoms with E-state index in [-0.39, 0.29) is 11.5 Å². The molecule has 2 N–H and O–H groups in total. The van der Waals surface area contributed by atoms with Crippen LogP contribution in [0.5, 0.6) is 0 Å². The van der Waals surface area contributed by atoms with Gasteiger partial charge in [-0.2, -0.15) is 0 Å². The molecule has 0 amide bonds. The van der Waals surface area contributed by atoms with Crippen LogP contribution < -0.4 is 5.73 Å². The van der Waals surface area contributed by atoms with Crippen molar-refractivity contribution in [3.63, 3.8) is 0 Å². The van der Waals surface area contributed by atoms with Crippen molar-refractivity contribution in [2.75, 3.05) is 18.8 Å². The Morgan fingerprint density at radius 2 is 2.06 bits per heavy atom. The van der Waals surface area contributed by atoms with Gasteiger partial charge >= 0.3 is 0 Å². The Morgan fingerprint density at radius 1 is 1.33 bits per heavy atom. The fraction of sp³-hybridized carbons (Fsp3) is 0.600. The van der Waals surface area contributed by atoms with Crippen molar-refractivity contribution in [2.24, 2.45) is 5.92 Å². The maximum absolute atomic E-state index is 13.4. The molecule has 0 aromatic heterocycles. The number of nitrogens with two attached hydrogens (primary N) is 1. The van der Waals surface area contributed by atoms with Crippen LogP contribution in [0.4, 0.5) is 10.1 Å². The lowest BCUT2D eigenvalue weighted by atomic mass is 9.92. The lowest BCUT2D eigenvalue weighted by Crippen LogP contribution is -2.33. The predicted molar refractivity (Wildman–Crippen MR) is 73.7 cm³/mol. The molecule has 1 aliphatic rings. The van der Waals surface area contributed by atoms with Gasteiger partial charge in [0.2, 0.25) is 0 Å². The number of rotatable bonds is 4. The number of nitrogens with zero attached hydrogens (tertiary/aromatic N) is 1. The molecular formula is C15H23FN2. The first kappa shape index (κ1) is 13.3. The minimum Gasteiger partial charge on any atom is -0.396 e. The predicted octanol–water partition coefficient (Wildman–Crippen LogP) is 3.42. The maximum atomic E-state index is 13.4. The third-order valence-corrected chi connectivity index (χ3v) is 3.88. The van der Waals surface area contributed by atoms with Gasteiger partial charge in [0.1, 0.15) is 5.82 Å². The summed E-state index contributed by atoms with van der Waals surface area (Å²) < 4.78 is 13.4. The van der Waals surface area contributed by atoms with E-state index in [0.717, 1.165) is 31.1 Å². The van der Waals surface area contributed by atoms with Crippen LogP contribution >= 0.6 is 0 Å². The molecule has 1 fully saturated rings. The van der Waals surface area contributed by atoms with Gasteiger partial charge in [-0.3, -0.25) is 4.90 Å². The number of likely N-dealkylation sites (tertiary alicyclic amines) is 1. The molecule has 2 rings (SSSR count). The molecule has 0 saturated carbocycles. The molecule has 0 unspecified atom stereocenters. The van der Waals surface area contributed by atoms with Crippen molar-refractivity contribution >= 4 is 5.69 Å². The van der Waals surface area contributed by atoms with Gasteiger partial charge in [0.15, 0.2) is 0 Å². The van der Waals surface area contributed by atoms with Gasteiger partial charge in [0.05, 0.1) is 5.69 Å². The first-order valence-corrected chi connectivity index (χ1v) is 6.95. The van der Waals surface area contributed by atoms with Gasteiger partial charge in [-0.1, -0.05) is 25.8 Å². The SMILES string of the molecule is CCCC1CCN(Cc2ccc(N)c(F)c2)CC1. The van der Waals surface area contributed by atoms with Gasteiger partial charge in [0.25, 0.3) is 0 Å². The zero-order chi connectivity index (χ0) is 13.0. The largest absolute Gasteiger partial charge is 0.396 e. The number of halogens is 1.